The first-order chi connectivity index (χ1) is 59.6. The van der Waals surface area contributed by atoms with E-state index in [4.69, 9.17) is 33.4 Å². The monoisotopic (exact) mass is 1640 g/mol. The summed E-state index contributed by atoms with van der Waals surface area (Å²) in [6, 6.07) is 79.9. The molecule has 632 valence electrons. The number of nitrogens with one attached hydrogen (secondary N) is 6. The van der Waals surface area contributed by atoms with E-state index in [1.165, 1.54) is 90.6 Å². The number of H-pyrrole nitrogens is 1. The van der Waals surface area contributed by atoms with Crippen LogP contribution in [-0.4, -0.2) is 94.2 Å². The molecule has 0 saturated heterocycles. The summed E-state index contributed by atoms with van der Waals surface area (Å²) >= 11 is 0. The summed E-state index contributed by atoms with van der Waals surface area (Å²) in [7, 11) is 0. The third kappa shape index (κ3) is 26.6. The smallest absolute Gasteiger partial charge is 0.222 e. The molecule has 9 aromatic carbocycles. The lowest BCUT2D eigenvalue weighted by Gasteiger charge is -2.12. The number of ether oxygens (including phenoxy) is 1. The SMILES string of the molecule is CCCCCNc1cc(-c2cccc(C)c2C)nc(N)n1.Cc1cccc(-c2cc(NCCCc3ccccc3)nc(N)n2)c1C.Cc1cccc(-c2cc(NCCCc3ccccc3)nc(N)n2)c1C.Cc1cccc(-c2cc(NCCOc3ccccc3)nc(N)n2)c1C.Cc1cccc(-c2cc(NCCc3c[nH]c4ccccc34)nc(N)n2)c1C. The van der Waals surface area contributed by atoms with Crippen molar-refractivity contribution in [3.63, 3.8) is 0 Å². The van der Waals surface area contributed by atoms with Crippen molar-refractivity contribution in [3.8, 4) is 62.0 Å². The molecule has 16 N–H and O–H groups in total. The van der Waals surface area contributed by atoms with Gasteiger partial charge < -0.3 is 65.0 Å². The highest BCUT2D eigenvalue weighted by Crippen LogP contribution is 2.32. The van der Waals surface area contributed by atoms with E-state index in [0.29, 0.717) is 36.8 Å². The molecule has 0 aliphatic heterocycles. The lowest BCUT2D eigenvalue weighted by molar-refractivity contribution is 0.333. The van der Waals surface area contributed by atoms with Crippen LogP contribution in [0.1, 0.15) is 111 Å². The van der Waals surface area contributed by atoms with Crippen molar-refractivity contribution < 1.29 is 4.74 Å². The Morgan fingerprint density at radius 2 is 0.593 bits per heavy atom. The highest BCUT2D eigenvalue weighted by Gasteiger charge is 2.16. The predicted octanol–water partition coefficient (Wildman–Crippen LogP) is 21.0. The first-order valence-corrected chi connectivity index (χ1v) is 42.2. The number of nitrogens with two attached hydrogens (primary N) is 5. The van der Waals surface area contributed by atoms with E-state index in [9.17, 15) is 0 Å². The zero-order valence-corrected chi connectivity index (χ0v) is 72.8. The Bertz CT molecular complexity index is 5560. The number of unbranched alkanes of at least 4 members (excludes halogenated alkanes) is 2. The topological polar surface area (TPSA) is 344 Å². The molecule has 0 radical (unpaired) electrons. The van der Waals surface area contributed by atoms with Crippen LogP contribution in [0.2, 0.25) is 0 Å². The van der Waals surface area contributed by atoms with Gasteiger partial charge in [-0.05, 0) is 198 Å². The van der Waals surface area contributed by atoms with Gasteiger partial charge >= 0.3 is 0 Å². The number of nitrogens with zero attached hydrogens (tertiary/aromatic N) is 10. The first-order valence-electron chi connectivity index (χ1n) is 42.2. The fraction of sp³-hybridized carbons (Fsp3) is 0.248. The molecule has 123 heavy (non-hydrogen) atoms. The molecule has 22 heteroatoms. The molecule has 0 spiro atoms. The molecule has 15 rings (SSSR count). The Labute approximate surface area is 724 Å². The summed E-state index contributed by atoms with van der Waals surface area (Å²) in [5.41, 5.74) is 56.7. The summed E-state index contributed by atoms with van der Waals surface area (Å²) < 4.78 is 5.67. The zero-order chi connectivity index (χ0) is 87.0. The third-order valence-electron chi connectivity index (χ3n) is 21.6. The number of rotatable bonds is 29. The van der Waals surface area contributed by atoms with Gasteiger partial charge in [0.1, 0.15) is 41.4 Å². The maximum absolute atomic E-state index is 5.96. The van der Waals surface area contributed by atoms with E-state index in [1.54, 1.807) is 0 Å². The minimum atomic E-state index is 0.255. The Hall–Kier alpha value is -14.3. The predicted molar refractivity (Wildman–Crippen MR) is 512 cm³/mol. The van der Waals surface area contributed by atoms with E-state index in [1.807, 2.05) is 115 Å². The molecule has 15 aromatic rings. The van der Waals surface area contributed by atoms with Crippen molar-refractivity contribution >= 4 is 69.7 Å². The molecule has 6 heterocycles. The van der Waals surface area contributed by atoms with Crippen molar-refractivity contribution in [2.45, 2.75) is 128 Å². The van der Waals surface area contributed by atoms with Gasteiger partial charge in [-0.15, -0.1) is 0 Å². The van der Waals surface area contributed by atoms with Crippen LogP contribution in [0.15, 0.2) is 243 Å². The van der Waals surface area contributed by atoms with Crippen LogP contribution in [0.5, 0.6) is 5.75 Å². The number of hydrogen-bond acceptors (Lipinski definition) is 21. The van der Waals surface area contributed by atoms with E-state index in [0.717, 1.165) is 156 Å². The van der Waals surface area contributed by atoms with Gasteiger partial charge in [0, 0.05) is 101 Å². The molecule has 22 nitrogen and oxygen atoms in total. The van der Waals surface area contributed by atoms with E-state index in [-0.39, 0.29) is 11.9 Å². The molecular formula is C101H117N21O. The Kier molecular flexibility index (Phi) is 32.9. The molecule has 0 aliphatic rings. The number of aromatic nitrogens is 11. The standard InChI is InChI=1S/C22H23N5.2C21H24N4.C20H22N4O.C17H24N4/c1-14-6-5-8-17(15(14)2)20-12-21(27-22(23)26-20)24-11-10-16-13-25-19-9-4-3-7-18(16)19;2*1-15-8-6-12-18(16(15)2)19-14-20(25-21(22)24-19)23-13-7-11-17-9-4-3-5-10-17;1-14-7-6-10-17(15(14)2)18-13-19(24-20(21)23-18)22-11-12-25-16-8-4-3-5-9-16;1-4-5-6-10-19-16-11-15(20-17(18)21-16)14-9-7-8-12(2)13(14)3/h3-9,12-13,25H,10-11H2,1-2H3,(H3,23,24,26,27);2*3-6,8-10,12,14H,7,11,13H2,1-2H3,(H3,22,23,24,25);3-10,13H,11-12H2,1-2H3,(H3,21,22,23,24);7-9,11H,4-6,10H2,1-3H3,(H3,18,19,20,21). The minimum absolute atomic E-state index is 0.255. The van der Waals surface area contributed by atoms with Crippen LogP contribution in [0.3, 0.4) is 0 Å². The number of hydrogen-bond donors (Lipinski definition) is 11. The first kappa shape index (κ1) is 89.5. The van der Waals surface area contributed by atoms with Crippen molar-refractivity contribution in [1.82, 2.24) is 54.8 Å². The summed E-state index contributed by atoms with van der Waals surface area (Å²) in [6.45, 7) is 27.7. The van der Waals surface area contributed by atoms with Crippen LogP contribution in [0.25, 0.3) is 67.2 Å². The average molecular weight is 1640 g/mol. The van der Waals surface area contributed by atoms with Crippen LogP contribution in [-0.2, 0) is 19.3 Å². The maximum Gasteiger partial charge on any atom is 0.222 e. The Balaban J connectivity index is 0.000000150. The normalized spacial score (nSPS) is 10.7. The number of aromatic amines is 1. The summed E-state index contributed by atoms with van der Waals surface area (Å²) in [6.07, 6.45) is 10.7. The summed E-state index contributed by atoms with van der Waals surface area (Å²) in [5, 5.41) is 18.0. The Morgan fingerprint density at radius 3 is 0.935 bits per heavy atom. The van der Waals surface area contributed by atoms with Gasteiger partial charge in [0.15, 0.2) is 0 Å². The second kappa shape index (κ2) is 45.2. The van der Waals surface area contributed by atoms with Gasteiger partial charge in [-0.2, -0.15) is 24.9 Å². The van der Waals surface area contributed by atoms with Crippen LogP contribution >= 0.6 is 0 Å². The van der Waals surface area contributed by atoms with Crippen molar-refractivity contribution in [3.05, 3.63) is 315 Å². The number of fused-ring (bicyclic) bond motifs is 1. The highest BCUT2D eigenvalue weighted by atomic mass is 16.5. The van der Waals surface area contributed by atoms with Crippen LogP contribution < -0.4 is 60.0 Å². The van der Waals surface area contributed by atoms with Crippen molar-refractivity contribution in [2.75, 3.05) is 94.6 Å². The zero-order valence-electron chi connectivity index (χ0n) is 72.8. The van der Waals surface area contributed by atoms with E-state index < -0.39 is 0 Å². The minimum Gasteiger partial charge on any atom is -0.492 e. The highest BCUT2D eigenvalue weighted by molar-refractivity contribution is 5.83. The molecule has 0 unspecified atom stereocenters. The maximum atomic E-state index is 5.96. The molecule has 0 saturated carbocycles. The molecule has 6 aromatic heterocycles. The number of aryl methyl sites for hydroxylation is 7. The summed E-state index contributed by atoms with van der Waals surface area (Å²) in [5.74, 6) is 6.08. The summed E-state index contributed by atoms with van der Waals surface area (Å²) in [4.78, 5) is 46.8. The second-order valence-electron chi connectivity index (χ2n) is 30.5. The third-order valence-corrected chi connectivity index (χ3v) is 21.6. The van der Waals surface area contributed by atoms with E-state index >= 15 is 0 Å². The largest absolute Gasteiger partial charge is 0.492 e. The number of benzene rings is 9. The van der Waals surface area contributed by atoms with Crippen molar-refractivity contribution in [2.24, 2.45) is 0 Å². The van der Waals surface area contributed by atoms with Gasteiger partial charge in [0.2, 0.25) is 29.7 Å². The molecule has 0 fully saturated rings. The molecule has 0 amide bonds. The van der Waals surface area contributed by atoms with Crippen LogP contribution in [0.4, 0.5) is 58.8 Å². The fourth-order valence-corrected chi connectivity index (χ4v) is 14.0. The molecule has 0 bridgehead atoms. The number of para-hydroxylation sites is 2. The molecular weight excluding hydrogens is 1520 g/mol. The fourth-order valence-electron chi connectivity index (χ4n) is 14.0. The second-order valence-corrected chi connectivity index (χ2v) is 30.5. The quantitative estimate of drug-likeness (QED) is 0.0194. The average Bonchev–Trinajstić information content (AvgIpc) is 1.73. The van der Waals surface area contributed by atoms with Gasteiger partial charge in [-0.3, -0.25) is 0 Å². The van der Waals surface area contributed by atoms with Gasteiger partial charge in [0.05, 0.1) is 35.0 Å². The van der Waals surface area contributed by atoms with E-state index in [2.05, 4.69) is 285 Å². The number of nitrogen functional groups attached to an aromatic ring is 5. The van der Waals surface area contributed by atoms with Gasteiger partial charge in [-0.25, -0.2) is 24.9 Å². The number of anilines is 10. The van der Waals surface area contributed by atoms with Crippen molar-refractivity contribution in [1.29, 1.82) is 0 Å². The molecule has 0 aliphatic carbocycles. The van der Waals surface area contributed by atoms with Gasteiger partial charge in [0.25, 0.3) is 0 Å². The van der Waals surface area contributed by atoms with Crippen LogP contribution in [0, 0.1) is 69.2 Å². The lowest BCUT2D eigenvalue weighted by Crippen LogP contribution is -2.13. The lowest BCUT2D eigenvalue weighted by atomic mass is 10.0. The van der Waals surface area contributed by atoms with Gasteiger partial charge in [-0.1, -0.05) is 208 Å². The molecule has 0 atom stereocenters. The Morgan fingerprint density at radius 1 is 0.293 bits per heavy atom.